The summed E-state index contributed by atoms with van der Waals surface area (Å²) in [6, 6.07) is 12.2. The maximum absolute atomic E-state index is 12.5. The molecule has 26 heavy (non-hydrogen) atoms. The van der Waals surface area contributed by atoms with Crippen LogP contribution in [0.15, 0.2) is 42.0 Å². The number of hydrogen-bond donors (Lipinski definition) is 0. The number of benzene rings is 1. The zero-order chi connectivity index (χ0) is 19.0. The van der Waals surface area contributed by atoms with Crippen LogP contribution in [-0.2, 0) is 16.1 Å². The molecular weight excluding hydrogens is 346 g/mol. The van der Waals surface area contributed by atoms with E-state index in [9.17, 15) is 9.59 Å². The molecule has 1 aliphatic rings. The second kappa shape index (κ2) is 6.88. The van der Waals surface area contributed by atoms with Crippen molar-refractivity contribution in [1.29, 1.82) is 0 Å². The number of nitrogens with zero attached hydrogens (tertiary/aromatic N) is 3. The number of amides is 2. The van der Waals surface area contributed by atoms with Crippen molar-refractivity contribution in [1.82, 2.24) is 14.4 Å². The summed E-state index contributed by atoms with van der Waals surface area (Å²) >= 11 is 5.13. The molecule has 1 aromatic carbocycles. The van der Waals surface area contributed by atoms with Crippen LogP contribution in [0.5, 0.6) is 0 Å². The monoisotopic (exact) mass is 367 g/mol. The van der Waals surface area contributed by atoms with Crippen molar-refractivity contribution in [2.24, 2.45) is 0 Å². The number of thiocarbonyl (C=S) groups is 1. The molecule has 2 amide bonds. The highest BCUT2D eigenvalue weighted by Gasteiger charge is 2.35. The molecule has 0 bridgehead atoms. The second-order valence-corrected chi connectivity index (χ2v) is 6.83. The highest BCUT2D eigenvalue weighted by molar-refractivity contribution is 7.80. The molecule has 2 heterocycles. The quantitative estimate of drug-likeness (QED) is 0.476. The first kappa shape index (κ1) is 18.1. The molecule has 3 rings (SSSR count). The molecular formula is C20H21N3O2S. The van der Waals surface area contributed by atoms with Crippen molar-refractivity contribution in [2.75, 3.05) is 14.1 Å². The molecule has 0 unspecified atom stereocenters. The molecule has 0 spiro atoms. The lowest BCUT2D eigenvalue weighted by Gasteiger charge is -2.31. The van der Waals surface area contributed by atoms with Crippen molar-refractivity contribution in [2.45, 2.75) is 20.4 Å². The summed E-state index contributed by atoms with van der Waals surface area (Å²) < 4.78 is 2.18. The van der Waals surface area contributed by atoms with Gasteiger partial charge in [0.15, 0.2) is 5.11 Å². The Morgan fingerprint density at radius 3 is 2.15 bits per heavy atom. The van der Waals surface area contributed by atoms with Gasteiger partial charge in [0, 0.05) is 32.0 Å². The number of rotatable bonds is 3. The molecule has 0 radical (unpaired) electrons. The zero-order valence-electron chi connectivity index (χ0n) is 15.3. The van der Waals surface area contributed by atoms with Crippen molar-refractivity contribution >= 4 is 35.2 Å². The molecule has 0 aliphatic carbocycles. The second-order valence-electron chi connectivity index (χ2n) is 6.47. The van der Waals surface area contributed by atoms with E-state index in [0.717, 1.165) is 23.5 Å². The predicted molar refractivity (Wildman–Crippen MR) is 106 cm³/mol. The number of carbonyl (C=O) groups is 2. The van der Waals surface area contributed by atoms with E-state index in [0.29, 0.717) is 0 Å². The van der Waals surface area contributed by atoms with Crippen molar-refractivity contribution in [3.63, 3.8) is 0 Å². The standard InChI is InChI=1S/C20H21N3O2S/c1-13-10-16(14(2)23(13)12-15-8-6-5-7-9-15)11-17-18(24)21(3)20(26)22(4)19(17)25/h5-11H,12H2,1-4H3. The Bertz CT molecular complexity index is 902. The molecule has 1 saturated heterocycles. The summed E-state index contributed by atoms with van der Waals surface area (Å²) in [4.78, 5) is 27.7. The predicted octanol–water partition coefficient (Wildman–Crippen LogP) is 2.75. The van der Waals surface area contributed by atoms with Gasteiger partial charge in [0.05, 0.1) is 0 Å². The molecule has 6 heteroatoms. The molecule has 5 nitrogen and oxygen atoms in total. The minimum atomic E-state index is -0.369. The molecule has 0 N–H and O–H groups in total. The van der Waals surface area contributed by atoms with Crippen LogP contribution in [0.3, 0.4) is 0 Å². The normalized spacial score (nSPS) is 15.1. The largest absolute Gasteiger partial charge is 0.344 e. The minimum absolute atomic E-state index is 0.128. The van der Waals surface area contributed by atoms with E-state index < -0.39 is 0 Å². The first-order valence-electron chi connectivity index (χ1n) is 8.33. The third-order valence-corrected chi connectivity index (χ3v) is 5.29. The van der Waals surface area contributed by atoms with Gasteiger partial charge in [0.25, 0.3) is 11.8 Å². The van der Waals surface area contributed by atoms with Gasteiger partial charge in [-0.2, -0.15) is 0 Å². The smallest absolute Gasteiger partial charge is 0.265 e. The van der Waals surface area contributed by atoms with Crippen molar-refractivity contribution in [3.8, 4) is 0 Å². The Kier molecular flexibility index (Phi) is 4.78. The number of carbonyl (C=O) groups excluding carboxylic acids is 2. The molecule has 0 saturated carbocycles. The van der Waals surface area contributed by atoms with Crippen molar-refractivity contribution in [3.05, 3.63) is 64.5 Å². The molecule has 134 valence electrons. The average Bonchev–Trinajstić information content (AvgIpc) is 2.90. The van der Waals surface area contributed by atoms with Crippen LogP contribution in [-0.4, -0.2) is 45.4 Å². The van der Waals surface area contributed by atoms with Crippen LogP contribution in [0.2, 0.25) is 0 Å². The highest BCUT2D eigenvalue weighted by Crippen LogP contribution is 2.23. The number of likely N-dealkylation sites (N-methyl/N-ethyl adjacent to an activating group) is 2. The summed E-state index contributed by atoms with van der Waals surface area (Å²) in [6.07, 6.45) is 1.67. The lowest BCUT2D eigenvalue weighted by molar-refractivity contribution is -0.132. The van der Waals surface area contributed by atoms with Crippen LogP contribution in [0.4, 0.5) is 0 Å². The van der Waals surface area contributed by atoms with Gasteiger partial charge < -0.3 is 4.57 Å². The topological polar surface area (TPSA) is 45.6 Å². The van der Waals surface area contributed by atoms with Gasteiger partial charge in [-0.1, -0.05) is 30.3 Å². The first-order chi connectivity index (χ1) is 12.3. The fraction of sp³-hybridized carbons (Fsp3) is 0.250. The van der Waals surface area contributed by atoms with Gasteiger partial charge in [-0.3, -0.25) is 19.4 Å². The summed E-state index contributed by atoms with van der Waals surface area (Å²) in [5.41, 5.74) is 4.28. The zero-order valence-corrected chi connectivity index (χ0v) is 16.1. The lowest BCUT2D eigenvalue weighted by Crippen LogP contribution is -2.52. The van der Waals surface area contributed by atoms with Crippen LogP contribution < -0.4 is 0 Å². The van der Waals surface area contributed by atoms with Gasteiger partial charge in [-0.25, -0.2) is 0 Å². The van der Waals surface area contributed by atoms with E-state index in [1.807, 2.05) is 38.1 Å². The SMILES string of the molecule is Cc1cc(C=C2C(=O)N(C)C(=S)N(C)C2=O)c(C)n1Cc1ccccc1. The van der Waals surface area contributed by atoms with Crippen molar-refractivity contribution < 1.29 is 9.59 Å². The number of hydrogen-bond acceptors (Lipinski definition) is 3. The van der Waals surface area contributed by atoms with E-state index in [1.54, 1.807) is 20.2 Å². The lowest BCUT2D eigenvalue weighted by atomic mass is 10.1. The van der Waals surface area contributed by atoms with Gasteiger partial charge in [-0.05, 0) is 49.3 Å². The number of aryl methyl sites for hydroxylation is 1. The van der Waals surface area contributed by atoms with Crippen LogP contribution >= 0.6 is 12.2 Å². The molecule has 1 aromatic heterocycles. The van der Waals surface area contributed by atoms with Gasteiger partial charge in [0.2, 0.25) is 0 Å². The van der Waals surface area contributed by atoms with E-state index in [2.05, 4.69) is 16.7 Å². The molecule has 2 aromatic rings. The molecule has 1 fully saturated rings. The Morgan fingerprint density at radius 2 is 1.58 bits per heavy atom. The fourth-order valence-corrected chi connectivity index (χ4v) is 3.28. The van der Waals surface area contributed by atoms with Gasteiger partial charge >= 0.3 is 0 Å². The van der Waals surface area contributed by atoms with E-state index in [1.165, 1.54) is 15.4 Å². The summed E-state index contributed by atoms with van der Waals surface area (Å²) in [6.45, 7) is 4.77. The maximum atomic E-state index is 12.5. The third kappa shape index (κ3) is 3.08. The first-order valence-corrected chi connectivity index (χ1v) is 8.74. The van der Waals surface area contributed by atoms with Crippen LogP contribution in [0, 0.1) is 13.8 Å². The highest BCUT2D eigenvalue weighted by atomic mass is 32.1. The van der Waals surface area contributed by atoms with Crippen LogP contribution in [0.25, 0.3) is 6.08 Å². The Labute approximate surface area is 158 Å². The summed E-state index contributed by atoms with van der Waals surface area (Å²) in [7, 11) is 3.17. The van der Waals surface area contributed by atoms with Gasteiger partial charge in [0.1, 0.15) is 5.57 Å². The average molecular weight is 367 g/mol. The molecule has 0 atom stereocenters. The summed E-state index contributed by atoms with van der Waals surface area (Å²) in [5, 5.41) is 0.215. The van der Waals surface area contributed by atoms with E-state index in [4.69, 9.17) is 12.2 Å². The maximum Gasteiger partial charge on any atom is 0.265 e. The number of aromatic nitrogens is 1. The third-order valence-electron chi connectivity index (χ3n) is 4.74. The van der Waals surface area contributed by atoms with E-state index in [-0.39, 0.29) is 22.5 Å². The molecule has 1 aliphatic heterocycles. The van der Waals surface area contributed by atoms with Crippen LogP contribution in [0.1, 0.15) is 22.5 Å². The Balaban J connectivity index is 1.99. The van der Waals surface area contributed by atoms with Gasteiger partial charge in [-0.15, -0.1) is 0 Å². The minimum Gasteiger partial charge on any atom is -0.344 e. The Hall–Kier alpha value is -2.73. The Morgan fingerprint density at radius 1 is 1.00 bits per heavy atom. The fourth-order valence-electron chi connectivity index (χ4n) is 3.11. The summed E-state index contributed by atoms with van der Waals surface area (Å²) in [5.74, 6) is -0.739. The van der Waals surface area contributed by atoms with E-state index >= 15 is 0 Å².